The molecule has 2 fully saturated rings. The second-order valence-electron chi connectivity index (χ2n) is 12.1. The Bertz CT molecular complexity index is 1670. The number of fused-ring (bicyclic) bond motifs is 2. The molecule has 1 amide bonds. The van der Waals surface area contributed by atoms with Crippen molar-refractivity contribution >= 4 is 38.8 Å². The lowest BCUT2D eigenvalue weighted by Gasteiger charge is -2.49. The van der Waals surface area contributed by atoms with Gasteiger partial charge in [-0.1, -0.05) is 13.8 Å². The van der Waals surface area contributed by atoms with E-state index in [9.17, 15) is 26.4 Å². The highest BCUT2D eigenvalue weighted by atomic mass is 32.2. The number of sulfone groups is 1. The lowest BCUT2D eigenvalue weighted by atomic mass is 9.87. The molecule has 3 aromatic heterocycles. The van der Waals surface area contributed by atoms with Crippen LogP contribution in [0.25, 0.3) is 5.65 Å². The van der Waals surface area contributed by atoms with E-state index in [1.807, 2.05) is 27.7 Å². The first-order valence-corrected chi connectivity index (χ1v) is 15.0. The van der Waals surface area contributed by atoms with Crippen molar-refractivity contribution in [2.45, 2.75) is 69.5 Å². The van der Waals surface area contributed by atoms with Crippen LogP contribution in [0.1, 0.15) is 52.3 Å². The number of halogens is 3. The molecule has 11 nitrogen and oxygen atoms in total. The first-order valence-electron chi connectivity index (χ1n) is 13.4. The fourth-order valence-corrected chi connectivity index (χ4v) is 7.72. The number of amides is 1. The quantitative estimate of drug-likeness (QED) is 0.453. The van der Waals surface area contributed by atoms with Gasteiger partial charge in [-0.2, -0.15) is 13.2 Å². The number of carbonyl (C=O) groups is 1. The third kappa shape index (κ3) is 4.06. The SMILES string of the molecule is C[C@@H]1CN(c2ncnc3c2C(C)(C)CN3c2cn3c(C(F)(F)F)cnc3cn2)[C@@H](C)CN1C(=O)[C@]1(C)CCS1(=O)=O. The standard InChI is InChI=1S/C26H31F3N8O3S/c1-15-11-35(23(38)25(5)6-7-41(25,39)40)16(2)10-34(15)21-20-22(33-14-32-21)37(13-24(20,3)4)19-12-36-17(26(27,28)29)8-30-18(36)9-31-19/h8-9,12,14-16H,6-7,10-11,13H2,1-5H3/t15-,16+,25-/m0/s1. The van der Waals surface area contributed by atoms with Crippen molar-refractivity contribution < 1.29 is 26.4 Å². The summed E-state index contributed by atoms with van der Waals surface area (Å²) in [6, 6.07) is -0.455. The van der Waals surface area contributed by atoms with Gasteiger partial charge >= 0.3 is 6.18 Å². The molecule has 3 aromatic rings. The molecule has 15 heteroatoms. The molecule has 6 heterocycles. The summed E-state index contributed by atoms with van der Waals surface area (Å²) in [5, 5.41) is 0. The molecule has 0 aromatic carbocycles. The van der Waals surface area contributed by atoms with Crippen LogP contribution in [0.2, 0.25) is 0 Å². The molecular formula is C26H31F3N8O3S. The van der Waals surface area contributed by atoms with Crippen molar-refractivity contribution in [2.75, 3.05) is 35.2 Å². The van der Waals surface area contributed by atoms with Gasteiger partial charge in [-0.3, -0.25) is 9.20 Å². The number of rotatable bonds is 3. The van der Waals surface area contributed by atoms with Gasteiger partial charge in [-0.15, -0.1) is 0 Å². The van der Waals surface area contributed by atoms with Crippen molar-refractivity contribution in [3.05, 3.63) is 36.2 Å². The highest BCUT2D eigenvalue weighted by Crippen LogP contribution is 2.47. The zero-order valence-corrected chi connectivity index (χ0v) is 24.2. The van der Waals surface area contributed by atoms with Crippen LogP contribution in [0.4, 0.5) is 30.6 Å². The van der Waals surface area contributed by atoms with Gasteiger partial charge in [0, 0.05) is 42.7 Å². The Labute approximate surface area is 235 Å². The van der Waals surface area contributed by atoms with E-state index in [-0.39, 0.29) is 29.4 Å². The molecule has 0 bridgehead atoms. The zero-order chi connectivity index (χ0) is 29.7. The minimum absolute atomic E-state index is 0.0257. The molecule has 220 valence electrons. The lowest BCUT2D eigenvalue weighted by Crippen LogP contribution is -2.66. The fourth-order valence-electron chi connectivity index (χ4n) is 6.19. The van der Waals surface area contributed by atoms with Crippen molar-refractivity contribution in [3.8, 4) is 0 Å². The highest BCUT2D eigenvalue weighted by molar-refractivity contribution is 7.95. The molecule has 3 atom stereocenters. The molecule has 0 saturated carbocycles. The first-order chi connectivity index (χ1) is 19.0. The Balaban J connectivity index is 1.34. The maximum absolute atomic E-state index is 13.6. The average Bonchev–Trinajstić information content (AvgIpc) is 3.46. The third-order valence-electron chi connectivity index (χ3n) is 8.75. The van der Waals surface area contributed by atoms with Crippen LogP contribution in [0, 0.1) is 0 Å². The molecule has 3 aliphatic heterocycles. The Hall–Kier alpha value is -3.49. The van der Waals surface area contributed by atoms with Crippen LogP contribution in [-0.2, 0) is 26.2 Å². The maximum atomic E-state index is 13.6. The molecule has 6 rings (SSSR count). The van der Waals surface area contributed by atoms with Crippen LogP contribution < -0.4 is 9.80 Å². The van der Waals surface area contributed by atoms with Crippen LogP contribution in [0.15, 0.2) is 24.9 Å². The molecule has 2 saturated heterocycles. The number of carbonyl (C=O) groups excluding carboxylic acids is 1. The molecular weight excluding hydrogens is 561 g/mol. The first kappa shape index (κ1) is 27.7. The normalized spacial score (nSPS) is 27.2. The summed E-state index contributed by atoms with van der Waals surface area (Å²) >= 11 is 0. The summed E-state index contributed by atoms with van der Waals surface area (Å²) in [7, 11) is -3.46. The van der Waals surface area contributed by atoms with Crippen LogP contribution in [0.3, 0.4) is 0 Å². The average molecular weight is 593 g/mol. The van der Waals surface area contributed by atoms with E-state index in [0.29, 0.717) is 43.5 Å². The van der Waals surface area contributed by atoms with Crippen molar-refractivity contribution in [1.29, 1.82) is 0 Å². The zero-order valence-electron chi connectivity index (χ0n) is 23.3. The number of piperazine rings is 1. The number of hydrogen-bond donors (Lipinski definition) is 0. The summed E-state index contributed by atoms with van der Waals surface area (Å²) in [4.78, 5) is 36.4. The molecule has 0 spiro atoms. The van der Waals surface area contributed by atoms with Crippen LogP contribution in [-0.4, -0.2) is 85.8 Å². The van der Waals surface area contributed by atoms with E-state index in [4.69, 9.17) is 0 Å². The summed E-state index contributed by atoms with van der Waals surface area (Å²) in [6.45, 7) is 10.6. The maximum Gasteiger partial charge on any atom is 0.433 e. The van der Waals surface area contributed by atoms with Gasteiger partial charge in [-0.25, -0.2) is 28.4 Å². The second-order valence-corrected chi connectivity index (χ2v) is 14.6. The van der Waals surface area contributed by atoms with Gasteiger partial charge < -0.3 is 14.7 Å². The number of aromatic nitrogens is 5. The summed E-state index contributed by atoms with van der Waals surface area (Å²) < 4.78 is 65.2. The van der Waals surface area contributed by atoms with E-state index >= 15 is 0 Å². The van der Waals surface area contributed by atoms with Crippen molar-refractivity contribution in [2.24, 2.45) is 0 Å². The van der Waals surface area contributed by atoms with Gasteiger partial charge in [0.15, 0.2) is 21.3 Å². The Morgan fingerprint density at radius 3 is 2.34 bits per heavy atom. The van der Waals surface area contributed by atoms with Gasteiger partial charge in [0.2, 0.25) is 5.91 Å². The van der Waals surface area contributed by atoms with Crippen molar-refractivity contribution in [3.63, 3.8) is 0 Å². The Morgan fingerprint density at radius 1 is 1.00 bits per heavy atom. The molecule has 0 N–H and O–H groups in total. The summed E-state index contributed by atoms with van der Waals surface area (Å²) in [5.74, 6) is 1.19. The van der Waals surface area contributed by atoms with Crippen molar-refractivity contribution in [1.82, 2.24) is 29.2 Å². The van der Waals surface area contributed by atoms with E-state index in [1.165, 1.54) is 25.6 Å². The summed E-state index contributed by atoms with van der Waals surface area (Å²) in [6.07, 6.45) is 0.587. The van der Waals surface area contributed by atoms with E-state index in [2.05, 4.69) is 24.8 Å². The van der Waals surface area contributed by atoms with Gasteiger partial charge in [0.1, 0.15) is 28.4 Å². The monoisotopic (exact) mass is 592 g/mol. The molecule has 3 aliphatic rings. The summed E-state index contributed by atoms with van der Waals surface area (Å²) in [5.41, 5.74) is -0.469. The predicted octanol–water partition coefficient (Wildman–Crippen LogP) is 2.97. The van der Waals surface area contributed by atoms with E-state index in [1.54, 1.807) is 9.80 Å². The predicted molar refractivity (Wildman–Crippen MR) is 145 cm³/mol. The largest absolute Gasteiger partial charge is 0.433 e. The minimum atomic E-state index is -4.58. The highest BCUT2D eigenvalue weighted by Gasteiger charge is 2.57. The fraction of sp³-hybridized carbons (Fsp3) is 0.577. The number of alkyl halides is 3. The number of imidazole rings is 1. The van der Waals surface area contributed by atoms with Gasteiger partial charge in [0.25, 0.3) is 0 Å². The van der Waals surface area contributed by atoms with E-state index < -0.39 is 31.9 Å². The smallest absolute Gasteiger partial charge is 0.350 e. The molecule has 0 radical (unpaired) electrons. The Kier molecular flexibility index (Phi) is 5.91. The van der Waals surface area contributed by atoms with Gasteiger partial charge in [0.05, 0.1) is 24.3 Å². The van der Waals surface area contributed by atoms with Crippen LogP contribution in [0.5, 0.6) is 0 Å². The van der Waals surface area contributed by atoms with Gasteiger partial charge in [-0.05, 0) is 27.2 Å². The third-order valence-corrected chi connectivity index (χ3v) is 11.2. The lowest BCUT2D eigenvalue weighted by molar-refractivity contribution is -0.141. The minimum Gasteiger partial charge on any atom is -0.350 e. The molecule has 41 heavy (non-hydrogen) atoms. The Morgan fingerprint density at radius 2 is 1.71 bits per heavy atom. The molecule has 0 aliphatic carbocycles. The number of nitrogens with zero attached hydrogens (tertiary/aromatic N) is 8. The second kappa shape index (κ2) is 8.76. The topological polar surface area (TPSA) is 117 Å². The molecule has 0 unspecified atom stereocenters. The van der Waals surface area contributed by atoms with E-state index in [0.717, 1.165) is 16.2 Å². The number of hydrogen-bond acceptors (Lipinski definition) is 9. The van der Waals surface area contributed by atoms with Crippen LogP contribution >= 0.6 is 0 Å². The number of anilines is 3.